The van der Waals surface area contributed by atoms with Gasteiger partial charge in [0.15, 0.2) is 0 Å². The van der Waals surface area contributed by atoms with Gasteiger partial charge < -0.3 is 9.32 Å². The van der Waals surface area contributed by atoms with E-state index < -0.39 is 4.92 Å². The van der Waals surface area contributed by atoms with Crippen LogP contribution < -0.4 is 4.90 Å². The van der Waals surface area contributed by atoms with Crippen molar-refractivity contribution in [2.75, 3.05) is 11.9 Å². The lowest BCUT2D eigenvalue weighted by atomic mass is 10.2. The minimum Gasteiger partial charge on any atom is -0.469 e. The second-order valence-electron chi connectivity index (χ2n) is 3.99. The van der Waals surface area contributed by atoms with Crippen molar-refractivity contribution in [2.45, 2.75) is 13.5 Å². The van der Waals surface area contributed by atoms with Gasteiger partial charge in [0.05, 0.1) is 11.2 Å². The Morgan fingerprint density at radius 3 is 2.72 bits per heavy atom. The highest BCUT2D eigenvalue weighted by atomic mass is 16.6. The molecule has 2 heterocycles. The molecule has 0 bridgehead atoms. The van der Waals surface area contributed by atoms with E-state index in [9.17, 15) is 10.1 Å². The molecule has 0 aliphatic heterocycles. The highest BCUT2D eigenvalue weighted by Gasteiger charge is 2.10. The molecule has 0 saturated carbocycles. The molecular formula is C12H13N3O3. The van der Waals surface area contributed by atoms with Gasteiger partial charge in [-0.25, -0.2) is 4.98 Å². The van der Waals surface area contributed by atoms with Crippen LogP contribution in [0.4, 0.5) is 11.5 Å². The molecular weight excluding hydrogens is 234 g/mol. The summed E-state index contributed by atoms with van der Waals surface area (Å²) < 4.78 is 5.22. The van der Waals surface area contributed by atoms with Crippen molar-refractivity contribution in [1.29, 1.82) is 0 Å². The molecule has 94 valence electrons. The standard InChI is InChI=1S/C12H13N3O3/c1-9-10(5-6-18-9)8-14(2)12-4-3-11(7-13-12)15(16)17/h3-7H,8H2,1-2H3. The molecule has 0 atom stereocenters. The summed E-state index contributed by atoms with van der Waals surface area (Å²) in [5.41, 5.74) is 1.06. The van der Waals surface area contributed by atoms with Gasteiger partial charge in [-0.3, -0.25) is 10.1 Å². The average Bonchev–Trinajstić information content (AvgIpc) is 2.75. The van der Waals surface area contributed by atoms with Crippen LogP contribution in [0.25, 0.3) is 0 Å². The van der Waals surface area contributed by atoms with E-state index in [1.165, 1.54) is 12.3 Å². The lowest BCUT2D eigenvalue weighted by Gasteiger charge is -2.17. The topological polar surface area (TPSA) is 72.4 Å². The van der Waals surface area contributed by atoms with Crippen LogP contribution in [0.5, 0.6) is 0 Å². The van der Waals surface area contributed by atoms with E-state index in [0.717, 1.165) is 11.3 Å². The van der Waals surface area contributed by atoms with Crippen molar-refractivity contribution in [1.82, 2.24) is 4.98 Å². The average molecular weight is 247 g/mol. The minimum atomic E-state index is -0.461. The lowest BCUT2D eigenvalue weighted by Crippen LogP contribution is -2.17. The number of hydrogen-bond acceptors (Lipinski definition) is 5. The van der Waals surface area contributed by atoms with E-state index >= 15 is 0 Å². The predicted octanol–water partition coefficient (Wildman–Crippen LogP) is 2.53. The number of nitrogens with zero attached hydrogens (tertiary/aromatic N) is 3. The van der Waals surface area contributed by atoms with Gasteiger partial charge in [-0.2, -0.15) is 0 Å². The number of nitro groups is 1. The normalized spacial score (nSPS) is 10.3. The monoisotopic (exact) mass is 247 g/mol. The fourth-order valence-electron chi connectivity index (χ4n) is 1.62. The minimum absolute atomic E-state index is 0.00774. The Morgan fingerprint density at radius 1 is 1.44 bits per heavy atom. The lowest BCUT2D eigenvalue weighted by molar-refractivity contribution is -0.385. The number of aromatic nitrogens is 1. The van der Waals surface area contributed by atoms with Crippen molar-refractivity contribution in [3.05, 3.63) is 52.1 Å². The maximum Gasteiger partial charge on any atom is 0.287 e. The molecule has 0 aliphatic rings. The van der Waals surface area contributed by atoms with E-state index in [1.54, 1.807) is 12.3 Å². The highest BCUT2D eigenvalue weighted by molar-refractivity contribution is 5.43. The van der Waals surface area contributed by atoms with Crippen molar-refractivity contribution in [3.63, 3.8) is 0 Å². The van der Waals surface area contributed by atoms with Crippen LogP contribution in [0.2, 0.25) is 0 Å². The molecule has 0 amide bonds. The summed E-state index contributed by atoms with van der Waals surface area (Å²) in [5, 5.41) is 10.5. The summed E-state index contributed by atoms with van der Waals surface area (Å²) in [4.78, 5) is 16.0. The van der Waals surface area contributed by atoms with Gasteiger partial charge in [-0.05, 0) is 19.1 Å². The molecule has 0 aromatic carbocycles. The maximum absolute atomic E-state index is 10.5. The first kappa shape index (κ1) is 12.1. The number of anilines is 1. The van der Waals surface area contributed by atoms with E-state index in [0.29, 0.717) is 12.4 Å². The first-order chi connectivity index (χ1) is 8.58. The molecule has 0 spiro atoms. The highest BCUT2D eigenvalue weighted by Crippen LogP contribution is 2.18. The van der Waals surface area contributed by atoms with Crippen LogP contribution in [0.3, 0.4) is 0 Å². The Balaban J connectivity index is 2.12. The number of pyridine rings is 1. The van der Waals surface area contributed by atoms with Gasteiger partial charge in [0.25, 0.3) is 5.69 Å². The molecule has 2 aromatic rings. The quantitative estimate of drug-likeness (QED) is 0.613. The van der Waals surface area contributed by atoms with Gasteiger partial charge in [0.2, 0.25) is 0 Å². The molecule has 18 heavy (non-hydrogen) atoms. The van der Waals surface area contributed by atoms with Crippen LogP contribution in [0.15, 0.2) is 35.1 Å². The largest absolute Gasteiger partial charge is 0.469 e. The SMILES string of the molecule is Cc1occc1CN(C)c1ccc([N+](=O)[O-])cn1. The number of furan rings is 1. The maximum atomic E-state index is 10.5. The molecule has 0 saturated heterocycles. The summed E-state index contributed by atoms with van der Waals surface area (Å²) in [5.74, 6) is 1.55. The van der Waals surface area contributed by atoms with E-state index in [1.807, 2.05) is 24.9 Å². The summed E-state index contributed by atoms with van der Waals surface area (Å²) in [7, 11) is 1.88. The first-order valence-electron chi connectivity index (χ1n) is 5.42. The second-order valence-corrected chi connectivity index (χ2v) is 3.99. The Hall–Kier alpha value is -2.37. The molecule has 2 aromatic heterocycles. The van der Waals surface area contributed by atoms with Gasteiger partial charge in [-0.1, -0.05) is 0 Å². The third kappa shape index (κ3) is 2.48. The summed E-state index contributed by atoms with van der Waals surface area (Å²) >= 11 is 0. The van der Waals surface area contributed by atoms with Gasteiger partial charge in [0, 0.05) is 25.2 Å². The van der Waals surface area contributed by atoms with E-state index in [-0.39, 0.29) is 5.69 Å². The van der Waals surface area contributed by atoms with Crippen LogP contribution in [0, 0.1) is 17.0 Å². The first-order valence-corrected chi connectivity index (χ1v) is 5.42. The van der Waals surface area contributed by atoms with Gasteiger partial charge in [-0.15, -0.1) is 0 Å². The van der Waals surface area contributed by atoms with Crippen molar-refractivity contribution in [2.24, 2.45) is 0 Å². The van der Waals surface area contributed by atoms with Crippen LogP contribution >= 0.6 is 0 Å². The number of aryl methyl sites for hydroxylation is 1. The van der Waals surface area contributed by atoms with E-state index in [2.05, 4.69) is 4.98 Å². The molecule has 6 nitrogen and oxygen atoms in total. The second kappa shape index (κ2) is 4.87. The Morgan fingerprint density at radius 2 is 2.22 bits per heavy atom. The molecule has 0 N–H and O–H groups in total. The predicted molar refractivity (Wildman–Crippen MR) is 66.4 cm³/mol. The fraction of sp³-hybridized carbons (Fsp3) is 0.250. The fourth-order valence-corrected chi connectivity index (χ4v) is 1.62. The summed E-state index contributed by atoms with van der Waals surface area (Å²) in [6, 6.07) is 4.98. The molecule has 0 fully saturated rings. The molecule has 6 heteroatoms. The summed E-state index contributed by atoms with van der Waals surface area (Å²) in [6.07, 6.45) is 2.90. The zero-order valence-corrected chi connectivity index (χ0v) is 10.2. The zero-order valence-electron chi connectivity index (χ0n) is 10.2. The summed E-state index contributed by atoms with van der Waals surface area (Å²) in [6.45, 7) is 2.54. The zero-order chi connectivity index (χ0) is 13.1. The van der Waals surface area contributed by atoms with Crippen LogP contribution in [0.1, 0.15) is 11.3 Å². The number of rotatable bonds is 4. The van der Waals surface area contributed by atoms with E-state index in [4.69, 9.17) is 4.42 Å². The van der Waals surface area contributed by atoms with Crippen molar-refractivity contribution in [3.8, 4) is 0 Å². The third-order valence-corrected chi connectivity index (χ3v) is 2.71. The number of hydrogen-bond donors (Lipinski definition) is 0. The Kier molecular flexibility index (Phi) is 3.27. The van der Waals surface area contributed by atoms with Crippen molar-refractivity contribution < 1.29 is 9.34 Å². The Bertz CT molecular complexity index is 548. The van der Waals surface area contributed by atoms with Crippen LogP contribution in [-0.2, 0) is 6.54 Å². The van der Waals surface area contributed by atoms with Crippen molar-refractivity contribution >= 4 is 11.5 Å². The third-order valence-electron chi connectivity index (χ3n) is 2.71. The Labute approximate surface area is 104 Å². The van der Waals surface area contributed by atoms with Crippen LogP contribution in [-0.4, -0.2) is 17.0 Å². The van der Waals surface area contributed by atoms with Gasteiger partial charge in [0.1, 0.15) is 17.8 Å². The van der Waals surface area contributed by atoms with Gasteiger partial charge >= 0.3 is 0 Å². The molecule has 0 aliphatic carbocycles. The smallest absolute Gasteiger partial charge is 0.287 e. The molecule has 2 rings (SSSR count). The molecule has 0 radical (unpaired) electrons. The molecule has 0 unspecified atom stereocenters.